The molecule has 2 aromatic rings. The maximum Gasteiger partial charge on any atom is 0.301 e. The Kier molecular flexibility index (Phi) is 2.71. The molecule has 0 aliphatic carbocycles. The molecule has 1 aliphatic rings. The lowest BCUT2D eigenvalue weighted by molar-refractivity contribution is 0.645. The molecular weight excluding hydrogens is 248 g/mol. The molecule has 0 N–H and O–H groups in total. The maximum absolute atomic E-state index is 12.3. The molecular formula is C12H10N4OS. The number of thioether (sulfide) groups is 1. The SMILES string of the molecule is CC1=Nn2c(nnc(-c3ccccc3)c2=O)SC1. The summed E-state index contributed by atoms with van der Waals surface area (Å²) in [5.74, 6) is 0.749. The van der Waals surface area contributed by atoms with E-state index in [-0.39, 0.29) is 5.56 Å². The third kappa shape index (κ3) is 1.84. The van der Waals surface area contributed by atoms with Crippen LogP contribution >= 0.6 is 11.8 Å². The van der Waals surface area contributed by atoms with Crippen LogP contribution in [0.2, 0.25) is 0 Å². The van der Waals surface area contributed by atoms with Gasteiger partial charge in [0.05, 0.1) is 0 Å². The zero-order valence-electron chi connectivity index (χ0n) is 9.70. The van der Waals surface area contributed by atoms with E-state index in [9.17, 15) is 4.79 Å². The molecule has 1 aliphatic heterocycles. The average molecular weight is 258 g/mol. The smallest absolute Gasteiger partial charge is 0.265 e. The predicted molar refractivity (Wildman–Crippen MR) is 71.0 cm³/mol. The van der Waals surface area contributed by atoms with Crippen molar-refractivity contribution in [1.29, 1.82) is 0 Å². The van der Waals surface area contributed by atoms with E-state index >= 15 is 0 Å². The summed E-state index contributed by atoms with van der Waals surface area (Å²) in [6.07, 6.45) is 0. The summed E-state index contributed by atoms with van der Waals surface area (Å²) in [4.78, 5) is 12.3. The normalized spacial score (nSPS) is 13.9. The molecule has 5 nitrogen and oxygen atoms in total. The summed E-state index contributed by atoms with van der Waals surface area (Å²) in [6, 6.07) is 9.30. The van der Waals surface area contributed by atoms with Gasteiger partial charge in [-0.3, -0.25) is 4.79 Å². The fourth-order valence-electron chi connectivity index (χ4n) is 1.69. The second-order valence-corrected chi connectivity index (χ2v) is 4.88. The van der Waals surface area contributed by atoms with Crippen molar-refractivity contribution < 1.29 is 0 Å². The molecule has 0 saturated carbocycles. The molecule has 0 amide bonds. The monoisotopic (exact) mass is 258 g/mol. The van der Waals surface area contributed by atoms with Gasteiger partial charge >= 0.3 is 5.56 Å². The van der Waals surface area contributed by atoms with E-state index < -0.39 is 0 Å². The van der Waals surface area contributed by atoms with Gasteiger partial charge in [-0.1, -0.05) is 42.1 Å². The van der Waals surface area contributed by atoms with Gasteiger partial charge in [0.15, 0.2) is 5.69 Å². The molecule has 0 radical (unpaired) electrons. The fraction of sp³-hybridized carbons (Fsp3) is 0.167. The quantitative estimate of drug-likeness (QED) is 0.780. The Morgan fingerprint density at radius 2 is 2.00 bits per heavy atom. The molecule has 0 bridgehead atoms. The van der Waals surface area contributed by atoms with Crippen molar-refractivity contribution in [2.45, 2.75) is 12.1 Å². The van der Waals surface area contributed by atoms with Crippen molar-refractivity contribution in [3.8, 4) is 11.3 Å². The summed E-state index contributed by atoms with van der Waals surface area (Å²) in [6.45, 7) is 1.89. The van der Waals surface area contributed by atoms with Gasteiger partial charge in [-0.15, -0.1) is 10.2 Å². The van der Waals surface area contributed by atoms with Crippen LogP contribution in [0.1, 0.15) is 6.92 Å². The average Bonchev–Trinajstić information content (AvgIpc) is 2.41. The Morgan fingerprint density at radius 1 is 1.22 bits per heavy atom. The molecule has 0 fully saturated rings. The molecule has 3 rings (SSSR count). The number of aromatic nitrogens is 3. The van der Waals surface area contributed by atoms with Crippen molar-refractivity contribution >= 4 is 17.5 Å². The first-order chi connectivity index (χ1) is 8.75. The lowest BCUT2D eigenvalue weighted by atomic mass is 10.2. The molecule has 18 heavy (non-hydrogen) atoms. The van der Waals surface area contributed by atoms with Crippen LogP contribution in [0.3, 0.4) is 0 Å². The number of hydrogen-bond acceptors (Lipinski definition) is 5. The molecule has 0 saturated heterocycles. The Labute approximate surface area is 108 Å². The zero-order valence-corrected chi connectivity index (χ0v) is 10.5. The summed E-state index contributed by atoms with van der Waals surface area (Å²) in [5, 5.41) is 12.8. The summed E-state index contributed by atoms with van der Waals surface area (Å²) in [7, 11) is 0. The molecule has 0 unspecified atom stereocenters. The van der Waals surface area contributed by atoms with Crippen LogP contribution in [0, 0.1) is 0 Å². The van der Waals surface area contributed by atoms with Gasteiger partial charge in [0.1, 0.15) is 0 Å². The molecule has 90 valence electrons. The van der Waals surface area contributed by atoms with E-state index in [4.69, 9.17) is 0 Å². The largest absolute Gasteiger partial charge is 0.301 e. The second-order valence-electron chi connectivity index (χ2n) is 3.94. The number of nitrogens with zero attached hydrogens (tertiary/aromatic N) is 4. The minimum absolute atomic E-state index is 0.224. The van der Waals surface area contributed by atoms with Crippen LogP contribution in [0.5, 0.6) is 0 Å². The Bertz CT molecular complexity index is 678. The van der Waals surface area contributed by atoms with Crippen LogP contribution in [-0.4, -0.2) is 26.3 Å². The predicted octanol–water partition coefficient (Wildman–Crippen LogP) is 1.63. The molecule has 1 aromatic carbocycles. The lowest BCUT2D eigenvalue weighted by Crippen LogP contribution is -2.26. The van der Waals surface area contributed by atoms with Crippen molar-refractivity contribution in [1.82, 2.24) is 14.9 Å². The fourth-order valence-corrected chi connectivity index (χ4v) is 2.43. The molecule has 2 heterocycles. The van der Waals surface area contributed by atoms with E-state index in [1.165, 1.54) is 16.4 Å². The highest BCUT2D eigenvalue weighted by Crippen LogP contribution is 2.19. The van der Waals surface area contributed by atoms with Crippen molar-refractivity contribution in [3.63, 3.8) is 0 Å². The Hall–Kier alpha value is -1.95. The van der Waals surface area contributed by atoms with E-state index in [0.717, 1.165) is 17.0 Å². The summed E-state index contributed by atoms with van der Waals surface area (Å²) < 4.78 is 1.33. The van der Waals surface area contributed by atoms with Crippen molar-refractivity contribution in [3.05, 3.63) is 40.7 Å². The van der Waals surface area contributed by atoms with Gasteiger partial charge in [0, 0.05) is 17.0 Å². The molecule has 0 atom stereocenters. The zero-order chi connectivity index (χ0) is 12.5. The standard InChI is InChI=1S/C12H10N4OS/c1-8-7-18-12-14-13-10(11(17)16(12)15-8)9-5-3-2-4-6-9/h2-6H,7H2,1H3. The van der Waals surface area contributed by atoms with E-state index in [0.29, 0.717) is 10.9 Å². The van der Waals surface area contributed by atoms with Gasteiger partial charge in [-0.25, -0.2) is 0 Å². The highest BCUT2D eigenvalue weighted by Gasteiger charge is 2.17. The topological polar surface area (TPSA) is 60.1 Å². The first-order valence-corrected chi connectivity index (χ1v) is 6.46. The summed E-state index contributed by atoms with van der Waals surface area (Å²) >= 11 is 1.47. The molecule has 6 heteroatoms. The van der Waals surface area contributed by atoms with Crippen molar-refractivity contribution in [2.24, 2.45) is 5.10 Å². The minimum atomic E-state index is -0.224. The van der Waals surface area contributed by atoms with Gasteiger partial charge in [-0.2, -0.15) is 9.78 Å². The van der Waals surface area contributed by atoms with Crippen LogP contribution in [0.4, 0.5) is 0 Å². The molecule has 1 aromatic heterocycles. The van der Waals surface area contributed by atoms with Crippen LogP contribution in [0.15, 0.2) is 45.4 Å². The van der Waals surface area contributed by atoms with E-state index in [1.54, 1.807) is 0 Å². The number of benzene rings is 1. The highest BCUT2D eigenvalue weighted by atomic mass is 32.2. The maximum atomic E-state index is 12.3. The van der Waals surface area contributed by atoms with Gasteiger partial charge in [-0.05, 0) is 6.92 Å². The Morgan fingerprint density at radius 3 is 2.78 bits per heavy atom. The highest BCUT2D eigenvalue weighted by molar-refractivity contribution is 7.99. The lowest BCUT2D eigenvalue weighted by Gasteiger charge is -2.12. The summed E-state index contributed by atoms with van der Waals surface area (Å²) in [5.41, 5.74) is 1.77. The van der Waals surface area contributed by atoms with Gasteiger partial charge in [0.2, 0.25) is 5.16 Å². The first kappa shape index (κ1) is 11.2. The van der Waals surface area contributed by atoms with E-state index in [1.807, 2.05) is 37.3 Å². The third-order valence-electron chi connectivity index (χ3n) is 2.54. The van der Waals surface area contributed by atoms with Crippen LogP contribution < -0.4 is 5.56 Å². The van der Waals surface area contributed by atoms with Crippen molar-refractivity contribution in [2.75, 3.05) is 5.75 Å². The third-order valence-corrected chi connectivity index (χ3v) is 3.61. The first-order valence-electron chi connectivity index (χ1n) is 5.48. The van der Waals surface area contributed by atoms with Gasteiger partial charge in [0.25, 0.3) is 0 Å². The van der Waals surface area contributed by atoms with Gasteiger partial charge < -0.3 is 0 Å². The second kappa shape index (κ2) is 4.38. The number of fused-ring (bicyclic) bond motifs is 1. The van der Waals surface area contributed by atoms with Crippen LogP contribution in [0.25, 0.3) is 11.3 Å². The van der Waals surface area contributed by atoms with Crippen LogP contribution in [-0.2, 0) is 0 Å². The number of hydrogen-bond donors (Lipinski definition) is 0. The number of rotatable bonds is 1. The molecule has 0 spiro atoms. The minimum Gasteiger partial charge on any atom is -0.265 e. The Balaban J connectivity index is 2.21. The van der Waals surface area contributed by atoms with E-state index in [2.05, 4.69) is 15.3 Å².